The molecule has 1 fully saturated rings. The zero-order chi connectivity index (χ0) is 9.68. The van der Waals surface area contributed by atoms with E-state index in [1.165, 1.54) is 0 Å². The third-order valence-corrected chi connectivity index (χ3v) is 2.50. The molecule has 1 rings (SSSR count). The normalized spacial score (nSPS) is 23.2. The Labute approximate surface area is 84.8 Å². The van der Waals surface area contributed by atoms with E-state index in [0.29, 0.717) is 18.8 Å². The van der Waals surface area contributed by atoms with Crippen molar-refractivity contribution in [3.05, 3.63) is 0 Å². The largest absolute Gasteiger partial charge is 0.375 e. The summed E-state index contributed by atoms with van der Waals surface area (Å²) in [6.07, 6.45) is 1.75. The standard InChI is InChI=1S/C9H17NO2S/c1-2-8-7-10(4-5-12-8)9(11)3-6-13/h8,13H,2-7H2,1H3. The zero-order valence-electron chi connectivity index (χ0n) is 8.03. The van der Waals surface area contributed by atoms with Gasteiger partial charge in [0.25, 0.3) is 0 Å². The molecule has 0 aliphatic carbocycles. The highest BCUT2D eigenvalue weighted by Gasteiger charge is 2.21. The number of rotatable bonds is 3. The first-order valence-corrected chi connectivity index (χ1v) is 5.41. The van der Waals surface area contributed by atoms with Crippen LogP contribution in [0.3, 0.4) is 0 Å². The summed E-state index contributed by atoms with van der Waals surface area (Å²) >= 11 is 4.05. The molecule has 1 aliphatic heterocycles. The molecule has 0 N–H and O–H groups in total. The third kappa shape index (κ3) is 3.19. The van der Waals surface area contributed by atoms with Gasteiger partial charge in [-0.2, -0.15) is 12.6 Å². The fraction of sp³-hybridized carbons (Fsp3) is 0.889. The van der Waals surface area contributed by atoms with Crippen LogP contribution < -0.4 is 0 Å². The van der Waals surface area contributed by atoms with Crippen LogP contribution in [-0.2, 0) is 9.53 Å². The van der Waals surface area contributed by atoms with Crippen LogP contribution in [-0.4, -0.2) is 42.4 Å². The molecule has 0 bridgehead atoms. The highest BCUT2D eigenvalue weighted by molar-refractivity contribution is 7.80. The van der Waals surface area contributed by atoms with Gasteiger partial charge in [0.15, 0.2) is 0 Å². The highest BCUT2D eigenvalue weighted by Crippen LogP contribution is 2.09. The predicted octanol–water partition coefficient (Wildman–Crippen LogP) is 0.944. The average molecular weight is 203 g/mol. The Hall–Kier alpha value is -0.220. The Kier molecular flexibility index (Phi) is 4.59. The van der Waals surface area contributed by atoms with Gasteiger partial charge in [-0.05, 0) is 12.2 Å². The maximum atomic E-state index is 11.5. The van der Waals surface area contributed by atoms with Crippen molar-refractivity contribution in [3.8, 4) is 0 Å². The lowest BCUT2D eigenvalue weighted by Crippen LogP contribution is -2.45. The van der Waals surface area contributed by atoms with E-state index in [4.69, 9.17) is 4.74 Å². The van der Waals surface area contributed by atoms with Crippen molar-refractivity contribution in [3.63, 3.8) is 0 Å². The Bertz CT molecular complexity index is 175. The molecule has 1 amide bonds. The summed E-state index contributed by atoms with van der Waals surface area (Å²) < 4.78 is 5.47. The van der Waals surface area contributed by atoms with Crippen LogP contribution in [0.5, 0.6) is 0 Å². The van der Waals surface area contributed by atoms with Gasteiger partial charge in [-0.15, -0.1) is 0 Å². The van der Waals surface area contributed by atoms with Gasteiger partial charge in [0.1, 0.15) is 0 Å². The lowest BCUT2D eigenvalue weighted by molar-refractivity contribution is -0.138. The van der Waals surface area contributed by atoms with Gasteiger partial charge in [0.05, 0.1) is 12.7 Å². The number of amides is 1. The Morgan fingerprint density at radius 3 is 3.08 bits per heavy atom. The maximum Gasteiger partial charge on any atom is 0.223 e. The first-order chi connectivity index (χ1) is 6.27. The smallest absolute Gasteiger partial charge is 0.223 e. The Balaban J connectivity index is 2.37. The second kappa shape index (κ2) is 5.50. The van der Waals surface area contributed by atoms with Crippen LogP contribution in [0, 0.1) is 0 Å². The fourth-order valence-corrected chi connectivity index (χ4v) is 1.64. The molecule has 76 valence electrons. The van der Waals surface area contributed by atoms with Crippen molar-refractivity contribution in [2.45, 2.75) is 25.9 Å². The topological polar surface area (TPSA) is 29.5 Å². The molecule has 13 heavy (non-hydrogen) atoms. The molecule has 0 aromatic rings. The molecular formula is C9H17NO2S. The van der Waals surface area contributed by atoms with E-state index in [0.717, 1.165) is 19.5 Å². The first kappa shape index (κ1) is 10.9. The second-order valence-corrected chi connectivity index (χ2v) is 3.66. The molecule has 0 saturated carbocycles. The van der Waals surface area contributed by atoms with Crippen molar-refractivity contribution >= 4 is 18.5 Å². The van der Waals surface area contributed by atoms with Crippen molar-refractivity contribution in [1.82, 2.24) is 4.90 Å². The second-order valence-electron chi connectivity index (χ2n) is 3.21. The lowest BCUT2D eigenvalue weighted by Gasteiger charge is -2.32. The van der Waals surface area contributed by atoms with Crippen molar-refractivity contribution in [2.75, 3.05) is 25.4 Å². The summed E-state index contributed by atoms with van der Waals surface area (Å²) in [6.45, 7) is 4.25. The van der Waals surface area contributed by atoms with E-state index in [-0.39, 0.29) is 12.0 Å². The van der Waals surface area contributed by atoms with Gasteiger partial charge in [0.2, 0.25) is 5.91 Å². The number of nitrogens with zero attached hydrogens (tertiary/aromatic N) is 1. The van der Waals surface area contributed by atoms with E-state index in [2.05, 4.69) is 19.6 Å². The van der Waals surface area contributed by atoms with Gasteiger partial charge < -0.3 is 9.64 Å². The fourth-order valence-electron chi connectivity index (χ4n) is 1.45. The number of morpholine rings is 1. The van der Waals surface area contributed by atoms with E-state index >= 15 is 0 Å². The summed E-state index contributed by atoms with van der Waals surface area (Å²) in [5.41, 5.74) is 0. The minimum atomic E-state index is 0.205. The molecule has 0 radical (unpaired) electrons. The summed E-state index contributed by atoms with van der Waals surface area (Å²) in [5, 5.41) is 0. The number of thiol groups is 1. The summed E-state index contributed by atoms with van der Waals surface area (Å²) in [4.78, 5) is 13.4. The number of hydrogen-bond donors (Lipinski definition) is 1. The molecule has 0 spiro atoms. The quantitative estimate of drug-likeness (QED) is 0.692. The van der Waals surface area contributed by atoms with Gasteiger partial charge >= 0.3 is 0 Å². The number of hydrogen-bond acceptors (Lipinski definition) is 3. The van der Waals surface area contributed by atoms with E-state index in [1.807, 2.05) is 4.90 Å². The molecule has 1 unspecified atom stereocenters. The molecule has 1 heterocycles. The first-order valence-electron chi connectivity index (χ1n) is 4.78. The van der Waals surface area contributed by atoms with E-state index < -0.39 is 0 Å². The third-order valence-electron chi connectivity index (χ3n) is 2.27. The van der Waals surface area contributed by atoms with E-state index in [9.17, 15) is 4.79 Å². The number of carbonyl (C=O) groups excluding carboxylic acids is 1. The molecule has 3 nitrogen and oxygen atoms in total. The number of carbonyl (C=O) groups is 1. The summed E-state index contributed by atoms with van der Waals surface area (Å²) in [7, 11) is 0. The molecular weight excluding hydrogens is 186 g/mol. The van der Waals surface area contributed by atoms with E-state index in [1.54, 1.807) is 0 Å². The minimum Gasteiger partial charge on any atom is -0.375 e. The number of ether oxygens (including phenoxy) is 1. The minimum absolute atomic E-state index is 0.205. The van der Waals surface area contributed by atoms with Crippen molar-refractivity contribution < 1.29 is 9.53 Å². The van der Waals surface area contributed by atoms with Gasteiger partial charge in [-0.3, -0.25) is 4.79 Å². The predicted molar refractivity (Wildman–Crippen MR) is 55.1 cm³/mol. The van der Waals surface area contributed by atoms with Crippen LogP contribution >= 0.6 is 12.6 Å². The SMILES string of the molecule is CCC1CN(C(=O)CCS)CCO1. The lowest BCUT2D eigenvalue weighted by atomic mass is 10.2. The Morgan fingerprint density at radius 2 is 2.46 bits per heavy atom. The van der Waals surface area contributed by atoms with Crippen LogP contribution in [0.4, 0.5) is 0 Å². The zero-order valence-corrected chi connectivity index (χ0v) is 8.93. The van der Waals surface area contributed by atoms with Gasteiger partial charge in [-0.25, -0.2) is 0 Å². The highest BCUT2D eigenvalue weighted by atomic mass is 32.1. The van der Waals surface area contributed by atoms with Crippen molar-refractivity contribution in [2.24, 2.45) is 0 Å². The molecule has 1 aliphatic rings. The Morgan fingerprint density at radius 1 is 1.69 bits per heavy atom. The van der Waals surface area contributed by atoms with Crippen LogP contribution in [0.1, 0.15) is 19.8 Å². The van der Waals surface area contributed by atoms with Crippen molar-refractivity contribution in [1.29, 1.82) is 0 Å². The molecule has 1 atom stereocenters. The molecule has 0 aromatic heterocycles. The maximum absolute atomic E-state index is 11.5. The van der Waals surface area contributed by atoms with Crippen LogP contribution in [0.15, 0.2) is 0 Å². The van der Waals surface area contributed by atoms with Crippen LogP contribution in [0.25, 0.3) is 0 Å². The summed E-state index contributed by atoms with van der Waals surface area (Å²) in [5.74, 6) is 0.837. The van der Waals surface area contributed by atoms with Crippen LogP contribution in [0.2, 0.25) is 0 Å². The molecule has 4 heteroatoms. The van der Waals surface area contributed by atoms with Gasteiger partial charge in [-0.1, -0.05) is 6.92 Å². The van der Waals surface area contributed by atoms with Gasteiger partial charge in [0, 0.05) is 19.5 Å². The summed E-state index contributed by atoms with van der Waals surface area (Å²) in [6, 6.07) is 0. The monoisotopic (exact) mass is 203 g/mol. The molecule has 1 saturated heterocycles. The molecule has 0 aromatic carbocycles. The average Bonchev–Trinajstić information content (AvgIpc) is 2.18.